The van der Waals surface area contributed by atoms with Gasteiger partial charge in [0.05, 0.1) is 23.6 Å². The molecule has 3 atom stereocenters. The van der Waals surface area contributed by atoms with Gasteiger partial charge in [-0.25, -0.2) is 4.79 Å². The Morgan fingerprint density at radius 3 is 2.50 bits per heavy atom. The lowest BCUT2D eigenvalue weighted by Gasteiger charge is -2.52. The molecule has 1 saturated carbocycles. The van der Waals surface area contributed by atoms with Gasteiger partial charge in [-0.05, 0) is 74.9 Å². The lowest BCUT2D eigenvalue weighted by molar-refractivity contribution is -0.154. The Morgan fingerprint density at radius 2 is 1.74 bits per heavy atom. The summed E-state index contributed by atoms with van der Waals surface area (Å²) in [4.78, 5) is 28.9. The van der Waals surface area contributed by atoms with Crippen molar-refractivity contribution in [3.63, 3.8) is 0 Å². The van der Waals surface area contributed by atoms with E-state index in [1.807, 2.05) is 56.0 Å². The minimum absolute atomic E-state index is 0.0548. The summed E-state index contributed by atoms with van der Waals surface area (Å²) in [5.41, 5.74) is 2.97. The highest BCUT2D eigenvalue weighted by molar-refractivity contribution is 6.30. The van der Waals surface area contributed by atoms with Crippen molar-refractivity contribution in [1.82, 2.24) is 4.90 Å². The number of halogens is 1. The van der Waals surface area contributed by atoms with Crippen LogP contribution in [-0.2, 0) is 11.2 Å². The molecule has 1 amide bonds. The molecule has 1 saturated heterocycles. The van der Waals surface area contributed by atoms with E-state index >= 15 is 0 Å². The molecule has 2 aromatic heterocycles. The Kier molecular flexibility index (Phi) is 6.15. The van der Waals surface area contributed by atoms with Crippen LogP contribution in [0.1, 0.15) is 66.2 Å². The van der Waals surface area contributed by atoms with Crippen molar-refractivity contribution in [3.05, 3.63) is 79.9 Å². The van der Waals surface area contributed by atoms with E-state index in [0.29, 0.717) is 34.7 Å². The molecule has 4 aromatic rings. The molecule has 0 unspecified atom stereocenters. The molecule has 0 bridgehead atoms. The van der Waals surface area contributed by atoms with E-state index < -0.39 is 11.2 Å². The molecule has 2 aliphatic rings. The first kappa shape index (κ1) is 25.2. The first-order valence-electron chi connectivity index (χ1n) is 13.4. The Balaban J connectivity index is 1.39. The molecule has 38 heavy (non-hydrogen) atoms. The zero-order valence-corrected chi connectivity index (χ0v) is 22.7. The molecular formula is C31H32ClNO5. The SMILES string of the molecule is Cc1oc2cc3oc(=O)c(CC(=O)N4CC[C@]5(O)CCCC[C@H]5[C@@H]4c4ccc(Cl)cc4)c(C)c3cc2c1C. The van der Waals surface area contributed by atoms with Crippen LogP contribution in [0, 0.1) is 26.7 Å². The maximum atomic E-state index is 13.9. The van der Waals surface area contributed by atoms with Gasteiger partial charge in [0.2, 0.25) is 5.91 Å². The van der Waals surface area contributed by atoms with E-state index in [1.165, 1.54) is 0 Å². The van der Waals surface area contributed by atoms with Crippen LogP contribution in [0.25, 0.3) is 21.9 Å². The van der Waals surface area contributed by atoms with Crippen molar-refractivity contribution in [2.75, 3.05) is 6.54 Å². The Morgan fingerprint density at radius 1 is 1.03 bits per heavy atom. The molecular weight excluding hydrogens is 502 g/mol. The number of hydrogen-bond donors (Lipinski definition) is 1. The number of aryl methyl sites for hydroxylation is 3. The van der Waals surface area contributed by atoms with Crippen LogP contribution in [0.15, 0.2) is 50.0 Å². The molecule has 1 N–H and O–H groups in total. The van der Waals surface area contributed by atoms with Gasteiger partial charge in [-0.3, -0.25) is 4.79 Å². The van der Waals surface area contributed by atoms with Crippen molar-refractivity contribution in [3.8, 4) is 0 Å². The summed E-state index contributed by atoms with van der Waals surface area (Å²) in [5.74, 6) is 0.625. The smallest absolute Gasteiger partial charge is 0.340 e. The van der Waals surface area contributed by atoms with Crippen LogP contribution in [0.2, 0.25) is 5.02 Å². The third-order valence-corrected chi connectivity index (χ3v) is 9.26. The van der Waals surface area contributed by atoms with Crippen molar-refractivity contribution >= 4 is 39.4 Å². The van der Waals surface area contributed by atoms with E-state index in [0.717, 1.165) is 58.9 Å². The number of hydrogen-bond acceptors (Lipinski definition) is 5. The van der Waals surface area contributed by atoms with E-state index in [1.54, 1.807) is 6.07 Å². The van der Waals surface area contributed by atoms with Crippen LogP contribution in [0.4, 0.5) is 0 Å². The van der Waals surface area contributed by atoms with Gasteiger partial charge in [0, 0.05) is 34.3 Å². The lowest BCUT2D eigenvalue weighted by Crippen LogP contribution is -2.56. The van der Waals surface area contributed by atoms with Gasteiger partial charge < -0.3 is 18.8 Å². The second-order valence-corrected chi connectivity index (χ2v) is 11.5. The fraction of sp³-hybridized carbons (Fsp3) is 0.419. The summed E-state index contributed by atoms with van der Waals surface area (Å²) in [6, 6.07) is 11.0. The molecule has 6 rings (SSSR count). The highest BCUT2D eigenvalue weighted by atomic mass is 35.5. The van der Waals surface area contributed by atoms with Crippen LogP contribution >= 0.6 is 11.6 Å². The maximum Gasteiger partial charge on any atom is 0.340 e. The first-order chi connectivity index (χ1) is 18.2. The summed E-state index contributed by atoms with van der Waals surface area (Å²) in [7, 11) is 0. The maximum absolute atomic E-state index is 13.9. The van der Waals surface area contributed by atoms with Gasteiger partial charge in [-0.15, -0.1) is 0 Å². The molecule has 2 aromatic carbocycles. The number of piperidine rings is 1. The molecule has 6 nitrogen and oxygen atoms in total. The van der Waals surface area contributed by atoms with Crippen LogP contribution in [-0.4, -0.2) is 28.1 Å². The third kappa shape index (κ3) is 4.05. The topological polar surface area (TPSA) is 83.9 Å². The Labute approximate surface area is 226 Å². The van der Waals surface area contributed by atoms with Gasteiger partial charge in [-0.1, -0.05) is 36.6 Å². The van der Waals surface area contributed by atoms with E-state index in [9.17, 15) is 14.7 Å². The molecule has 198 valence electrons. The number of likely N-dealkylation sites (tertiary alicyclic amines) is 1. The van der Waals surface area contributed by atoms with Crippen molar-refractivity contribution in [2.24, 2.45) is 5.92 Å². The number of amides is 1. The standard InChI is InChI=1S/C31H32ClNO5/c1-17-19(3)37-26-16-27-23(14-22(17)26)18(2)24(30(35)38-27)15-28(34)33-13-12-31(36)11-5-4-6-25(31)29(33)20-7-9-21(32)10-8-20/h7-10,14,16,25,29,36H,4-6,11-13,15H2,1-3H3/t25-,29-,31+/m0/s1. The number of nitrogens with zero attached hydrogens (tertiary/aromatic N) is 1. The summed E-state index contributed by atoms with van der Waals surface area (Å²) in [5, 5.41) is 14.0. The molecule has 7 heteroatoms. The molecule has 1 aliphatic carbocycles. The van der Waals surface area contributed by atoms with E-state index in [4.69, 9.17) is 20.4 Å². The minimum atomic E-state index is -0.789. The second-order valence-electron chi connectivity index (χ2n) is 11.1. The fourth-order valence-electron chi connectivity index (χ4n) is 6.72. The van der Waals surface area contributed by atoms with Gasteiger partial charge in [0.25, 0.3) is 0 Å². The van der Waals surface area contributed by atoms with E-state index in [2.05, 4.69) is 0 Å². The first-order valence-corrected chi connectivity index (χ1v) is 13.8. The molecule has 0 spiro atoms. The van der Waals surface area contributed by atoms with Crippen LogP contribution in [0.3, 0.4) is 0 Å². The normalized spacial score (nSPS) is 23.7. The third-order valence-electron chi connectivity index (χ3n) is 9.01. The number of benzene rings is 2. The van der Waals surface area contributed by atoms with Crippen molar-refractivity contribution in [1.29, 1.82) is 0 Å². The molecule has 2 fully saturated rings. The highest BCUT2D eigenvalue weighted by Crippen LogP contribution is 2.49. The average molecular weight is 534 g/mol. The molecule has 1 aliphatic heterocycles. The monoisotopic (exact) mass is 533 g/mol. The number of aliphatic hydroxyl groups is 1. The van der Waals surface area contributed by atoms with Gasteiger partial charge in [0.15, 0.2) is 0 Å². The van der Waals surface area contributed by atoms with E-state index in [-0.39, 0.29) is 24.3 Å². The summed E-state index contributed by atoms with van der Waals surface area (Å²) < 4.78 is 11.5. The minimum Gasteiger partial charge on any atom is -0.461 e. The van der Waals surface area contributed by atoms with Crippen molar-refractivity contribution < 1.29 is 18.7 Å². The summed E-state index contributed by atoms with van der Waals surface area (Å²) in [6.45, 7) is 6.23. The highest BCUT2D eigenvalue weighted by Gasteiger charge is 2.50. The zero-order chi connectivity index (χ0) is 26.8. The Bertz CT molecular complexity index is 1620. The number of furan rings is 1. The quantitative estimate of drug-likeness (QED) is 0.302. The Hall–Kier alpha value is -3.09. The fourth-order valence-corrected chi connectivity index (χ4v) is 6.84. The number of carbonyl (C=O) groups excluding carboxylic acids is 1. The van der Waals surface area contributed by atoms with Gasteiger partial charge in [-0.2, -0.15) is 0 Å². The zero-order valence-electron chi connectivity index (χ0n) is 22.0. The molecule has 0 radical (unpaired) electrons. The number of fused-ring (bicyclic) bond motifs is 3. The average Bonchev–Trinajstić information content (AvgIpc) is 3.17. The largest absolute Gasteiger partial charge is 0.461 e. The van der Waals surface area contributed by atoms with Crippen LogP contribution < -0.4 is 5.63 Å². The number of rotatable bonds is 3. The second kappa shape index (κ2) is 9.28. The molecule has 3 heterocycles. The summed E-state index contributed by atoms with van der Waals surface area (Å²) in [6.07, 6.45) is 4.10. The predicted molar refractivity (Wildman–Crippen MR) is 148 cm³/mol. The van der Waals surface area contributed by atoms with Gasteiger partial charge >= 0.3 is 5.63 Å². The van der Waals surface area contributed by atoms with Gasteiger partial charge in [0.1, 0.15) is 16.9 Å². The number of carbonyl (C=O) groups is 1. The predicted octanol–water partition coefficient (Wildman–Crippen LogP) is 6.56. The van der Waals surface area contributed by atoms with Crippen molar-refractivity contribution in [2.45, 2.75) is 70.9 Å². The van der Waals surface area contributed by atoms with Crippen LogP contribution in [0.5, 0.6) is 0 Å². The summed E-state index contributed by atoms with van der Waals surface area (Å²) >= 11 is 6.17. The lowest BCUT2D eigenvalue weighted by atomic mass is 9.66.